The summed E-state index contributed by atoms with van der Waals surface area (Å²) in [6.45, 7) is 11.1. The first-order chi connectivity index (χ1) is 6.29. The van der Waals surface area contributed by atoms with Gasteiger partial charge in [-0.2, -0.15) is 11.8 Å². The van der Waals surface area contributed by atoms with E-state index in [-0.39, 0.29) is 18.1 Å². The van der Waals surface area contributed by atoms with Gasteiger partial charge in [-0.1, -0.05) is 27.7 Å². The van der Waals surface area contributed by atoms with Crippen LogP contribution in [0.4, 0.5) is 0 Å². The van der Waals surface area contributed by atoms with E-state index in [2.05, 4.69) is 34.6 Å². The smallest absolute Gasteiger partial charge is 0.0464 e. The maximum Gasteiger partial charge on any atom is 0.0464 e. The van der Waals surface area contributed by atoms with Crippen LogP contribution in [-0.2, 0) is 0 Å². The zero-order chi connectivity index (χ0) is 11.4. The lowest BCUT2D eigenvalue weighted by atomic mass is 9.88. The van der Waals surface area contributed by atoms with Gasteiger partial charge in [0, 0.05) is 17.9 Å². The summed E-state index contributed by atoms with van der Waals surface area (Å²) in [5.74, 6) is 1.35. The van der Waals surface area contributed by atoms with Gasteiger partial charge in [-0.3, -0.25) is 0 Å². The lowest BCUT2D eigenvalue weighted by Crippen LogP contribution is -2.39. The van der Waals surface area contributed by atoms with Gasteiger partial charge in [-0.15, -0.1) is 0 Å². The number of hydrogen-bond donors (Lipinski definition) is 2. The number of hydrogen-bond acceptors (Lipinski definition) is 3. The van der Waals surface area contributed by atoms with Crippen LogP contribution in [0.5, 0.6) is 0 Å². The molecule has 0 amide bonds. The van der Waals surface area contributed by atoms with Crippen LogP contribution in [-0.4, -0.2) is 28.8 Å². The highest BCUT2D eigenvalue weighted by Crippen LogP contribution is 2.33. The normalized spacial score (nSPS) is 19.1. The molecule has 3 N–H and O–H groups in total. The Hall–Kier alpha value is 0.270. The summed E-state index contributed by atoms with van der Waals surface area (Å²) in [5.41, 5.74) is 6.20. The summed E-state index contributed by atoms with van der Waals surface area (Å²) in [6.07, 6.45) is 0. The first-order valence-corrected chi connectivity index (χ1v) is 6.32. The van der Waals surface area contributed by atoms with Crippen molar-refractivity contribution in [1.29, 1.82) is 0 Å². The Morgan fingerprint density at radius 1 is 1.29 bits per heavy atom. The summed E-state index contributed by atoms with van der Waals surface area (Å²) in [7, 11) is 0. The van der Waals surface area contributed by atoms with E-state index in [0.717, 1.165) is 5.75 Å². The third kappa shape index (κ3) is 5.23. The fourth-order valence-corrected chi connectivity index (χ4v) is 2.96. The number of thioether (sulfide) groups is 1. The highest BCUT2D eigenvalue weighted by atomic mass is 32.2. The fraction of sp³-hybridized carbons (Fsp3) is 1.00. The van der Waals surface area contributed by atoms with Gasteiger partial charge in [0.1, 0.15) is 0 Å². The molecule has 0 saturated heterocycles. The minimum absolute atomic E-state index is 0.200. The molecule has 0 aliphatic carbocycles. The molecule has 0 aliphatic rings. The average molecular weight is 219 g/mol. The third-order valence-corrected chi connectivity index (χ3v) is 4.46. The molecule has 0 rings (SSSR count). The quantitative estimate of drug-likeness (QED) is 0.744. The maximum absolute atomic E-state index is 8.94. The van der Waals surface area contributed by atoms with E-state index in [4.69, 9.17) is 10.8 Å². The molecule has 0 fully saturated rings. The molecule has 0 heterocycles. The standard InChI is InChI=1S/C11H25NOS/c1-8(6-13)7-14-10(9(2)12)11(3,4)5/h8-10,13H,6-7,12H2,1-5H3. The zero-order valence-corrected chi connectivity index (χ0v) is 10.9. The molecule has 0 saturated carbocycles. The van der Waals surface area contributed by atoms with Crippen LogP contribution in [0.25, 0.3) is 0 Å². The molecule has 0 aromatic rings. The highest BCUT2D eigenvalue weighted by molar-refractivity contribution is 8.00. The molecule has 0 aliphatic heterocycles. The second kappa shape index (κ2) is 5.99. The Bertz CT molecular complexity index is 154. The number of nitrogens with two attached hydrogens (primary N) is 1. The fourth-order valence-electron chi connectivity index (χ4n) is 1.51. The Balaban J connectivity index is 4.12. The first-order valence-electron chi connectivity index (χ1n) is 5.27. The van der Waals surface area contributed by atoms with Crippen molar-refractivity contribution in [2.75, 3.05) is 12.4 Å². The van der Waals surface area contributed by atoms with Crippen molar-refractivity contribution in [3.63, 3.8) is 0 Å². The molecule has 3 unspecified atom stereocenters. The SMILES string of the molecule is CC(CO)CSC(C(C)N)C(C)(C)C. The maximum atomic E-state index is 8.94. The molecule has 3 heteroatoms. The average Bonchev–Trinajstić information content (AvgIpc) is 2.01. The van der Waals surface area contributed by atoms with Crippen LogP contribution < -0.4 is 5.73 Å². The van der Waals surface area contributed by atoms with Gasteiger partial charge < -0.3 is 10.8 Å². The van der Waals surface area contributed by atoms with Crippen molar-refractivity contribution in [1.82, 2.24) is 0 Å². The van der Waals surface area contributed by atoms with Crippen LogP contribution >= 0.6 is 11.8 Å². The Labute approximate surface area is 92.6 Å². The Morgan fingerprint density at radius 3 is 2.07 bits per heavy atom. The summed E-state index contributed by atoms with van der Waals surface area (Å²) >= 11 is 1.88. The van der Waals surface area contributed by atoms with Crippen molar-refractivity contribution in [2.45, 2.75) is 45.9 Å². The van der Waals surface area contributed by atoms with Crippen molar-refractivity contribution in [3.05, 3.63) is 0 Å². The summed E-state index contributed by atoms with van der Waals surface area (Å²) in [5, 5.41) is 9.40. The molecule has 14 heavy (non-hydrogen) atoms. The molecule has 0 spiro atoms. The van der Waals surface area contributed by atoms with Gasteiger partial charge in [-0.05, 0) is 24.0 Å². The second-order valence-electron chi connectivity index (χ2n) is 5.27. The molecule has 0 bridgehead atoms. The van der Waals surface area contributed by atoms with Crippen molar-refractivity contribution >= 4 is 11.8 Å². The van der Waals surface area contributed by atoms with Gasteiger partial charge in [0.15, 0.2) is 0 Å². The molecule has 3 atom stereocenters. The number of rotatable bonds is 5. The lowest BCUT2D eigenvalue weighted by molar-refractivity contribution is 0.250. The molecular formula is C11H25NOS. The van der Waals surface area contributed by atoms with Crippen molar-refractivity contribution in [3.8, 4) is 0 Å². The van der Waals surface area contributed by atoms with Crippen molar-refractivity contribution < 1.29 is 5.11 Å². The van der Waals surface area contributed by atoms with E-state index >= 15 is 0 Å². The predicted molar refractivity (Wildman–Crippen MR) is 65.6 cm³/mol. The third-order valence-electron chi connectivity index (χ3n) is 2.20. The summed E-state index contributed by atoms with van der Waals surface area (Å²) in [4.78, 5) is 0. The van der Waals surface area contributed by atoms with E-state index in [9.17, 15) is 0 Å². The minimum atomic E-state index is 0.200. The van der Waals surface area contributed by atoms with E-state index in [1.807, 2.05) is 11.8 Å². The number of aliphatic hydroxyl groups is 1. The van der Waals surface area contributed by atoms with Crippen LogP contribution in [0.1, 0.15) is 34.6 Å². The largest absolute Gasteiger partial charge is 0.396 e. The van der Waals surface area contributed by atoms with E-state index in [1.165, 1.54) is 0 Å². The Kier molecular flexibility index (Phi) is 6.10. The van der Waals surface area contributed by atoms with E-state index in [0.29, 0.717) is 11.2 Å². The van der Waals surface area contributed by atoms with Crippen LogP contribution in [0.2, 0.25) is 0 Å². The van der Waals surface area contributed by atoms with E-state index < -0.39 is 0 Å². The monoisotopic (exact) mass is 219 g/mol. The Morgan fingerprint density at radius 2 is 1.79 bits per heavy atom. The summed E-state index contributed by atoms with van der Waals surface area (Å²) < 4.78 is 0. The molecule has 2 nitrogen and oxygen atoms in total. The van der Waals surface area contributed by atoms with Crippen LogP contribution in [0.15, 0.2) is 0 Å². The zero-order valence-electron chi connectivity index (χ0n) is 10.1. The van der Waals surface area contributed by atoms with Gasteiger partial charge in [0.25, 0.3) is 0 Å². The van der Waals surface area contributed by atoms with Gasteiger partial charge in [0.2, 0.25) is 0 Å². The van der Waals surface area contributed by atoms with Crippen LogP contribution in [0, 0.1) is 11.3 Å². The molecule has 0 radical (unpaired) electrons. The minimum Gasteiger partial charge on any atom is -0.396 e. The van der Waals surface area contributed by atoms with Crippen LogP contribution in [0.3, 0.4) is 0 Å². The molecular weight excluding hydrogens is 194 g/mol. The van der Waals surface area contributed by atoms with Gasteiger partial charge >= 0.3 is 0 Å². The molecule has 0 aromatic carbocycles. The topological polar surface area (TPSA) is 46.2 Å². The van der Waals surface area contributed by atoms with Gasteiger partial charge in [0.05, 0.1) is 0 Å². The lowest BCUT2D eigenvalue weighted by Gasteiger charge is -2.33. The summed E-state index contributed by atoms with van der Waals surface area (Å²) in [6, 6.07) is 0.200. The first kappa shape index (κ1) is 14.3. The second-order valence-corrected chi connectivity index (χ2v) is 6.44. The number of aliphatic hydroxyl groups excluding tert-OH is 1. The molecule has 0 aromatic heterocycles. The predicted octanol–water partition coefficient (Wildman–Crippen LogP) is 2.11. The highest BCUT2D eigenvalue weighted by Gasteiger charge is 2.28. The van der Waals surface area contributed by atoms with E-state index in [1.54, 1.807) is 0 Å². The van der Waals surface area contributed by atoms with Crippen molar-refractivity contribution in [2.24, 2.45) is 17.1 Å². The molecule has 86 valence electrons. The van der Waals surface area contributed by atoms with Gasteiger partial charge in [-0.25, -0.2) is 0 Å².